The first kappa shape index (κ1) is 34.7. The van der Waals surface area contributed by atoms with Crippen LogP contribution in [0.5, 0.6) is 17.2 Å². The number of rotatable bonds is 12. The first-order valence-electron chi connectivity index (χ1n) is 15.0. The zero-order chi connectivity index (χ0) is 34.4. The molecule has 0 fully saturated rings. The van der Waals surface area contributed by atoms with Crippen molar-refractivity contribution in [1.82, 2.24) is 4.57 Å². The van der Waals surface area contributed by atoms with Gasteiger partial charge in [-0.05, 0) is 62.7 Å². The lowest BCUT2D eigenvalue weighted by atomic mass is 9.95. The predicted octanol–water partition coefficient (Wildman–Crippen LogP) is 5.63. The van der Waals surface area contributed by atoms with Crippen molar-refractivity contribution in [3.63, 3.8) is 0 Å². The highest BCUT2D eigenvalue weighted by atomic mass is 35.5. The molecule has 4 aromatic rings. The van der Waals surface area contributed by atoms with Crippen LogP contribution in [0.4, 0.5) is 0 Å². The van der Waals surface area contributed by atoms with E-state index >= 15 is 0 Å². The summed E-state index contributed by atoms with van der Waals surface area (Å²) in [6.45, 7) is 5.51. The van der Waals surface area contributed by atoms with Gasteiger partial charge in [-0.1, -0.05) is 64.9 Å². The number of thiazole rings is 1. The van der Waals surface area contributed by atoms with Gasteiger partial charge in [0.25, 0.3) is 5.56 Å². The van der Waals surface area contributed by atoms with Crippen molar-refractivity contribution in [1.29, 1.82) is 0 Å². The fourth-order valence-electron chi connectivity index (χ4n) is 5.05. The molecule has 250 valence electrons. The second-order valence-electron chi connectivity index (χ2n) is 10.4. The van der Waals surface area contributed by atoms with E-state index in [4.69, 9.17) is 42.1 Å². The molecule has 0 saturated heterocycles. The second kappa shape index (κ2) is 15.5. The number of carbonyl (C=O) groups excluding carboxylic acids is 2. The highest BCUT2D eigenvalue weighted by Gasteiger charge is 2.34. The van der Waals surface area contributed by atoms with Gasteiger partial charge in [-0.2, -0.15) is 0 Å². The highest BCUT2D eigenvalue weighted by Crippen LogP contribution is 2.36. The minimum Gasteiger partial charge on any atom is -0.490 e. The van der Waals surface area contributed by atoms with Crippen LogP contribution >= 0.6 is 34.5 Å². The van der Waals surface area contributed by atoms with Crippen molar-refractivity contribution in [2.45, 2.75) is 33.4 Å². The Morgan fingerprint density at radius 2 is 1.75 bits per heavy atom. The van der Waals surface area contributed by atoms with Gasteiger partial charge >= 0.3 is 11.9 Å². The molecule has 1 atom stereocenters. The summed E-state index contributed by atoms with van der Waals surface area (Å²) in [6, 6.07) is 16.6. The summed E-state index contributed by atoms with van der Waals surface area (Å²) in [5.41, 5.74) is 2.24. The summed E-state index contributed by atoms with van der Waals surface area (Å²) in [7, 11) is 1.27. The second-order valence-corrected chi connectivity index (χ2v) is 12.2. The number of aromatic nitrogens is 1. The van der Waals surface area contributed by atoms with Gasteiger partial charge in [0, 0.05) is 21.2 Å². The Hall–Kier alpha value is -4.58. The molecule has 0 N–H and O–H groups in total. The third kappa shape index (κ3) is 7.59. The van der Waals surface area contributed by atoms with Gasteiger partial charge in [0.2, 0.25) is 0 Å². The van der Waals surface area contributed by atoms with Gasteiger partial charge in [-0.25, -0.2) is 14.6 Å². The maximum Gasteiger partial charge on any atom is 0.343 e. The van der Waals surface area contributed by atoms with Crippen LogP contribution in [0.15, 0.2) is 81.7 Å². The van der Waals surface area contributed by atoms with Gasteiger partial charge in [0.15, 0.2) is 22.9 Å². The summed E-state index contributed by atoms with van der Waals surface area (Å²) in [4.78, 5) is 44.4. The number of ether oxygens (including phenoxy) is 5. The fraction of sp³-hybridized carbons (Fsp3) is 0.257. The third-order valence-electron chi connectivity index (χ3n) is 7.28. The van der Waals surface area contributed by atoms with E-state index in [0.29, 0.717) is 60.1 Å². The normalized spacial score (nSPS) is 14.2. The predicted molar refractivity (Wildman–Crippen MR) is 183 cm³/mol. The van der Waals surface area contributed by atoms with Crippen molar-refractivity contribution in [2.75, 3.05) is 26.9 Å². The van der Waals surface area contributed by atoms with Crippen molar-refractivity contribution in [2.24, 2.45) is 4.99 Å². The molecule has 0 unspecified atom stereocenters. The summed E-state index contributed by atoms with van der Waals surface area (Å²) >= 11 is 13.6. The Labute approximate surface area is 290 Å². The number of hydrogen-bond acceptors (Lipinski definition) is 10. The molecule has 0 saturated carbocycles. The third-order valence-corrected chi connectivity index (χ3v) is 8.85. The first-order chi connectivity index (χ1) is 23.1. The Bertz CT molecular complexity index is 2070. The van der Waals surface area contributed by atoms with E-state index in [1.807, 2.05) is 18.2 Å². The molecule has 2 heterocycles. The van der Waals surface area contributed by atoms with Crippen LogP contribution in [0.2, 0.25) is 10.0 Å². The van der Waals surface area contributed by atoms with Crippen LogP contribution in [-0.4, -0.2) is 43.4 Å². The lowest BCUT2D eigenvalue weighted by molar-refractivity contribution is -0.143. The molecule has 0 radical (unpaired) electrons. The van der Waals surface area contributed by atoms with Crippen LogP contribution in [0.3, 0.4) is 0 Å². The number of allylic oxidation sites excluding steroid dienone is 1. The topological polar surface area (TPSA) is 115 Å². The van der Waals surface area contributed by atoms with E-state index < -0.39 is 18.0 Å². The molecule has 3 aromatic carbocycles. The minimum atomic E-state index is -0.894. The Morgan fingerprint density at radius 3 is 2.48 bits per heavy atom. The molecule has 48 heavy (non-hydrogen) atoms. The van der Waals surface area contributed by atoms with E-state index in [2.05, 4.69) is 9.73 Å². The summed E-state index contributed by atoms with van der Waals surface area (Å²) in [6.07, 6.45) is 1.73. The van der Waals surface area contributed by atoms with Gasteiger partial charge in [0.1, 0.15) is 12.4 Å². The Morgan fingerprint density at radius 1 is 0.958 bits per heavy atom. The molecule has 0 spiro atoms. The van der Waals surface area contributed by atoms with Gasteiger partial charge < -0.3 is 23.7 Å². The van der Waals surface area contributed by atoms with E-state index in [0.717, 1.165) is 5.56 Å². The standard InChI is InChI=1S/C35H32Cl2N2O8S/c1-5-44-28-15-22(12-14-27(28)47-19-30(40)43-4)32-31(34(42)45-6-2)20(3)38-35-39(32)33(41)29(48-35)16-21-9-7-8-10-26(21)46-18-23-11-13-24(36)17-25(23)37/h7-17,32H,5-6,18-19H2,1-4H3/b29-16+/t32-/m1/s1. The number of esters is 2. The lowest BCUT2D eigenvalue weighted by Gasteiger charge is -2.25. The molecular formula is C35H32Cl2N2O8S. The Balaban J connectivity index is 1.59. The van der Waals surface area contributed by atoms with Crippen molar-refractivity contribution in [3.05, 3.63) is 118 Å². The minimum absolute atomic E-state index is 0.134. The molecular weight excluding hydrogens is 679 g/mol. The van der Waals surface area contributed by atoms with Crippen LogP contribution in [0.25, 0.3) is 6.08 Å². The molecule has 13 heteroatoms. The summed E-state index contributed by atoms with van der Waals surface area (Å²) in [5.74, 6) is 0.0106. The maximum atomic E-state index is 14.2. The number of benzene rings is 3. The molecule has 1 aromatic heterocycles. The number of methoxy groups -OCH3 is 1. The van der Waals surface area contributed by atoms with Gasteiger partial charge in [-0.3, -0.25) is 9.36 Å². The van der Waals surface area contributed by atoms with E-state index in [1.165, 1.54) is 23.0 Å². The molecule has 10 nitrogen and oxygen atoms in total. The van der Waals surface area contributed by atoms with E-state index in [-0.39, 0.29) is 31.0 Å². The number of nitrogens with zero attached hydrogens (tertiary/aromatic N) is 2. The van der Waals surface area contributed by atoms with Crippen LogP contribution < -0.4 is 29.1 Å². The van der Waals surface area contributed by atoms with Crippen molar-refractivity contribution < 1.29 is 33.3 Å². The number of hydrogen-bond donors (Lipinski definition) is 0. The Kier molecular flexibility index (Phi) is 11.3. The number of fused-ring (bicyclic) bond motifs is 1. The largest absolute Gasteiger partial charge is 0.490 e. The molecule has 1 aliphatic heterocycles. The summed E-state index contributed by atoms with van der Waals surface area (Å²) < 4.78 is 29.5. The molecule has 0 bridgehead atoms. The number of carbonyl (C=O) groups is 2. The van der Waals surface area contributed by atoms with Crippen molar-refractivity contribution >= 4 is 52.6 Å². The molecule has 5 rings (SSSR count). The van der Waals surface area contributed by atoms with Crippen LogP contribution in [-0.2, 0) is 25.7 Å². The highest BCUT2D eigenvalue weighted by molar-refractivity contribution is 7.07. The number of para-hydroxylation sites is 1. The van der Waals surface area contributed by atoms with E-state index in [1.54, 1.807) is 69.3 Å². The summed E-state index contributed by atoms with van der Waals surface area (Å²) in [5, 5.41) is 1.01. The van der Waals surface area contributed by atoms with Crippen LogP contribution in [0, 0.1) is 0 Å². The maximum absolute atomic E-state index is 14.2. The molecule has 0 aliphatic carbocycles. The fourth-order valence-corrected chi connectivity index (χ4v) is 6.55. The average Bonchev–Trinajstić information content (AvgIpc) is 3.37. The monoisotopic (exact) mass is 710 g/mol. The molecule has 1 aliphatic rings. The SMILES string of the molecule is CCOC(=O)C1=C(C)N=c2s/c(=C/c3ccccc3OCc3ccc(Cl)cc3Cl)c(=O)n2[C@@H]1c1ccc(OCC(=O)OC)c(OCC)c1. The van der Waals surface area contributed by atoms with Crippen molar-refractivity contribution in [3.8, 4) is 17.2 Å². The zero-order valence-corrected chi connectivity index (χ0v) is 28.9. The zero-order valence-electron chi connectivity index (χ0n) is 26.6. The lowest BCUT2D eigenvalue weighted by Crippen LogP contribution is -2.40. The van der Waals surface area contributed by atoms with Gasteiger partial charge in [-0.15, -0.1) is 0 Å². The average molecular weight is 712 g/mol. The van der Waals surface area contributed by atoms with Gasteiger partial charge in [0.05, 0.1) is 42.2 Å². The van der Waals surface area contributed by atoms with E-state index in [9.17, 15) is 14.4 Å². The first-order valence-corrected chi connectivity index (χ1v) is 16.5. The molecule has 0 amide bonds. The smallest absolute Gasteiger partial charge is 0.343 e. The quantitative estimate of drug-likeness (QED) is 0.174. The van der Waals surface area contributed by atoms with Crippen LogP contribution in [0.1, 0.15) is 43.5 Å². The number of halogens is 2.